The van der Waals surface area contributed by atoms with E-state index < -0.39 is 0 Å². The van der Waals surface area contributed by atoms with Gasteiger partial charge in [0.05, 0.1) is 6.04 Å². The number of nitrogens with zero attached hydrogens (tertiary/aromatic N) is 3. The highest BCUT2D eigenvalue weighted by molar-refractivity contribution is 6.03. The summed E-state index contributed by atoms with van der Waals surface area (Å²) in [6.45, 7) is 7.75. The highest BCUT2D eigenvalue weighted by atomic mass is 16.2. The largest absolute Gasteiger partial charge is 0.326 e. The van der Waals surface area contributed by atoms with Crippen LogP contribution in [0.15, 0.2) is 60.8 Å². The first-order chi connectivity index (χ1) is 16.1. The molecule has 0 unspecified atom stereocenters. The lowest BCUT2D eigenvalue weighted by molar-refractivity contribution is 0.158. The molecule has 0 spiro atoms. The normalized spacial score (nSPS) is 23.5. The fourth-order valence-electron chi connectivity index (χ4n) is 5.67. The zero-order chi connectivity index (χ0) is 22.8. The highest BCUT2D eigenvalue weighted by Gasteiger charge is 2.39. The molecule has 0 radical (unpaired) electrons. The van der Waals surface area contributed by atoms with Gasteiger partial charge in [-0.25, -0.2) is 9.78 Å². The van der Waals surface area contributed by atoms with Crippen molar-refractivity contribution in [2.24, 2.45) is 0 Å². The minimum absolute atomic E-state index is 0.0340. The summed E-state index contributed by atoms with van der Waals surface area (Å²) in [7, 11) is 0. The number of amides is 2. The first kappa shape index (κ1) is 21.9. The fraction of sp³-hybridized carbons (Fsp3) is 0.429. The van der Waals surface area contributed by atoms with Crippen LogP contribution in [0, 0.1) is 6.92 Å². The maximum atomic E-state index is 14.3. The first-order valence-corrected chi connectivity index (χ1v) is 12.3. The van der Waals surface area contributed by atoms with Gasteiger partial charge in [0.15, 0.2) is 0 Å². The molecule has 1 N–H and O–H groups in total. The van der Waals surface area contributed by atoms with E-state index in [1.54, 1.807) is 0 Å². The number of anilines is 1. The molecule has 5 rings (SSSR count). The number of nitrogens with one attached hydrogen (secondary N) is 1. The van der Waals surface area contributed by atoms with Crippen LogP contribution in [0.1, 0.15) is 43.7 Å². The topological polar surface area (TPSA) is 48.5 Å². The Morgan fingerprint density at radius 3 is 2.76 bits per heavy atom. The smallest absolute Gasteiger partial charge is 0.323 e. The van der Waals surface area contributed by atoms with Gasteiger partial charge in [0.1, 0.15) is 5.82 Å². The second-order valence-electron chi connectivity index (χ2n) is 9.91. The molecular weight excluding hydrogens is 408 g/mol. The van der Waals surface area contributed by atoms with E-state index in [0.717, 1.165) is 74.0 Å². The fourth-order valence-corrected chi connectivity index (χ4v) is 5.67. The molecule has 2 aliphatic rings. The number of aromatic nitrogens is 1. The molecular formula is C28H34N4O. The number of fused-ring (bicyclic) bond motifs is 1. The molecule has 1 aromatic heterocycles. The SMILES string of the molecule is Cc1cccc2ccnc(N(C(=O)N3CCC[C@@](C)(c4ccccc4)C3)[C@@H]3CCCNC3)c12. The van der Waals surface area contributed by atoms with Crippen molar-refractivity contribution in [2.75, 3.05) is 31.1 Å². The third-order valence-corrected chi connectivity index (χ3v) is 7.49. The van der Waals surface area contributed by atoms with Crippen molar-refractivity contribution in [3.63, 3.8) is 0 Å². The van der Waals surface area contributed by atoms with E-state index in [4.69, 9.17) is 4.98 Å². The molecule has 2 fully saturated rings. The van der Waals surface area contributed by atoms with E-state index in [1.807, 2.05) is 17.2 Å². The van der Waals surface area contributed by atoms with Gasteiger partial charge < -0.3 is 10.2 Å². The Morgan fingerprint density at radius 2 is 1.97 bits per heavy atom. The first-order valence-electron chi connectivity index (χ1n) is 12.3. The molecule has 0 aliphatic carbocycles. The number of benzene rings is 2. The van der Waals surface area contributed by atoms with Crippen LogP contribution in [0.4, 0.5) is 10.6 Å². The van der Waals surface area contributed by atoms with Gasteiger partial charge in [0.25, 0.3) is 0 Å². The number of likely N-dealkylation sites (tertiary alicyclic amines) is 1. The number of pyridine rings is 1. The molecule has 0 bridgehead atoms. The summed E-state index contributed by atoms with van der Waals surface area (Å²) in [5.41, 5.74) is 2.44. The van der Waals surface area contributed by atoms with Crippen LogP contribution in [0.3, 0.4) is 0 Å². The van der Waals surface area contributed by atoms with E-state index >= 15 is 0 Å². The molecule has 3 heterocycles. The minimum atomic E-state index is -0.0340. The molecule has 2 aromatic carbocycles. The predicted octanol–water partition coefficient (Wildman–Crippen LogP) is 5.28. The van der Waals surface area contributed by atoms with E-state index in [1.165, 1.54) is 5.56 Å². The number of carbonyl (C=O) groups is 1. The van der Waals surface area contributed by atoms with Crippen LogP contribution in [-0.2, 0) is 5.41 Å². The lowest BCUT2D eigenvalue weighted by Crippen LogP contribution is -2.57. The summed E-state index contributed by atoms with van der Waals surface area (Å²) in [4.78, 5) is 23.1. The van der Waals surface area contributed by atoms with E-state index in [-0.39, 0.29) is 17.5 Å². The maximum Gasteiger partial charge on any atom is 0.326 e. The summed E-state index contributed by atoms with van der Waals surface area (Å²) in [6.07, 6.45) is 6.01. The van der Waals surface area contributed by atoms with Gasteiger partial charge in [-0.3, -0.25) is 4.90 Å². The summed E-state index contributed by atoms with van der Waals surface area (Å²) in [5.74, 6) is 0.802. The number of hydrogen-bond donors (Lipinski definition) is 1. The van der Waals surface area contributed by atoms with Gasteiger partial charge in [-0.1, -0.05) is 55.5 Å². The third kappa shape index (κ3) is 4.22. The number of rotatable bonds is 3. The Morgan fingerprint density at radius 1 is 1.12 bits per heavy atom. The molecule has 5 heteroatoms. The standard InChI is InChI=1S/C28H34N4O/c1-21-9-6-10-22-14-17-30-26(25(21)22)32(24-13-7-16-29-19-24)27(33)31-18-8-15-28(2,20-31)23-11-4-3-5-12-23/h3-6,9-12,14,17,24,29H,7-8,13,15-16,18-20H2,1-2H3/t24-,28-/m1/s1. The summed E-state index contributed by atoms with van der Waals surface area (Å²) < 4.78 is 0. The second-order valence-corrected chi connectivity index (χ2v) is 9.91. The van der Waals surface area contributed by atoms with Crippen molar-refractivity contribution in [2.45, 2.75) is 51.0 Å². The number of hydrogen-bond acceptors (Lipinski definition) is 3. The lowest BCUT2D eigenvalue weighted by atomic mass is 9.76. The molecule has 2 amide bonds. The van der Waals surface area contributed by atoms with Crippen LogP contribution in [0.5, 0.6) is 0 Å². The van der Waals surface area contributed by atoms with Crippen molar-refractivity contribution < 1.29 is 4.79 Å². The lowest BCUT2D eigenvalue weighted by Gasteiger charge is -2.44. The van der Waals surface area contributed by atoms with Gasteiger partial charge >= 0.3 is 6.03 Å². The van der Waals surface area contributed by atoms with Crippen molar-refractivity contribution >= 4 is 22.6 Å². The van der Waals surface area contributed by atoms with Gasteiger partial charge in [0, 0.05) is 36.6 Å². The van der Waals surface area contributed by atoms with Gasteiger partial charge in [-0.15, -0.1) is 0 Å². The van der Waals surface area contributed by atoms with Gasteiger partial charge in [-0.05, 0) is 61.7 Å². The Bertz CT molecular complexity index is 1120. The molecule has 2 atom stereocenters. The molecule has 0 saturated carbocycles. The van der Waals surface area contributed by atoms with Gasteiger partial charge in [0.2, 0.25) is 0 Å². The molecule has 172 valence electrons. The third-order valence-electron chi connectivity index (χ3n) is 7.49. The average molecular weight is 443 g/mol. The minimum Gasteiger partial charge on any atom is -0.323 e. The molecule has 3 aromatic rings. The van der Waals surface area contributed by atoms with Crippen LogP contribution < -0.4 is 10.2 Å². The van der Waals surface area contributed by atoms with Crippen LogP contribution in [0.2, 0.25) is 0 Å². The molecule has 2 aliphatic heterocycles. The summed E-state index contributed by atoms with van der Waals surface area (Å²) >= 11 is 0. The number of piperidine rings is 2. The molecule has 33 heavy (non-hydrogen) atoms. The van der Waals surface area contributed by atoms with Crippen molar-refractivity contribution in [1.82, 2.24) is 15.2 Å². The van der Waals surface area contributed by atoms with Crippen LogP contribution in [0.25, 0.3) is 10.8 Å². The zero-order valence-corrected chi connectivity index (χ0v) is 19.8. The number of carbonyl (C=O) groups excluding carboxylic acids is 1. The average Bonchev–Trinajstić information content (AvgIpc) is 2.86. The summed E-state index contributed by atoms with van der Waals surface area (Å²) in [6, 6.07) is 19.2. The molecule has 2 saturated heterocycles. The number of aryl methyl sites for hydroxylation is 1. The highest BCUT2D eigenvalue weighted by Crippen LogP contribution is 2.36. The Balaban J connectivity index is 1.53. The Kier molecular flexibility index (Phi) is 6.07. The quantitative estimate of drug-likeness (QED) is 0.601. The Hall–Kier alpha value is -2.92. The predicted molar refractivity (Wildman–Crippen MR) is 135 cm³/mol. The zero-order valence-electron chi connectivity index (χ0n) is 19.8. The van der Waals surface area contributed by atoms with Gasteiger partial charge in [-0.2, -0.15) is 0 Å². The molecule has 5 nitrogen and oxygen atoms in total. The number of urea groups is 1. The monoisotopic (exact) mass is 442 g/mol. The second kappa shape index (κ2) is 9.14. The van der Waals surface area contributed by atoms with E-state index in [0.29, 0.717) is 0 Å². The van der Waals surface area contributed by atoms with E-state index in [2.05, 4.69) is 72.6 Å². The Labute approximate surface area is 196 Å². The van der Waals surface area contributed by atoms with Crippen molar-refractivity contribution in [1.29, 1.82) is 0 Å². The van der Waals surface area contributed by atoms with E-state index in [9.17, 15) is 4.79 Å². The van der Waals surface area contributed by atoms with Crippen LogP contribution >= 0.6 is 0 Å². The van der Waals surface area contributed by atoms with Crippen molar-refractivity contribution in [3.05, 3.63) is 71.9 Å². The summed E-state index contributed by atoms with van der Waals surface area (Å²) in [5, 5.41) is 5.73. The van der Waals surface area contributed by atoms with Crippen LogP contribution in [-0.4, -0.2) is 48.1 Å². The van der Waals surface area contributed by atoms with Crippen molar-refractivity contribution in [3.8, 4) is 0 Å². The maximum absolute atomic E-state index is 14.3.